The summed E-state index contributed by atoms with van der Waals surface area (Å²) in [6, 6.07) is 17.0. The van der Waals surface area contributed by atoms with E-state index >= 15 is 0 Å². The summed E-state index contributed by atoms with van der Waals surface area (Å²) in [4.78, 5) is 19.7. The summed E-state index contributed by atoms with van der Waals surface area (Å²) in [5, 5.41) is 3.20. The van der Waals surface area contributed by atoms with Crippen LogP contribution in [0.2, 0.25) is 5.02 Å². The summed E-state index contributed by atoms with van der Waals surface area (Å²) in [6.07, 6.45) is 2.02. The fraction of sp³-hybridized carbons (Fsp3) is 0.238. The third-order valence-corrected chi connectivity index (χ3v) is 5.62. The van der Waals surface area contributed by atoms with Gasteiger partial charge in [0.15, 0.2) is 5.13 Å². The number of carbonyl (C=O) groups is 1. The van der Waals surface area contributed by atoms with Crippen molar-refractivity contribution in [2.45, 2.75) is 18.9 Å². The molecule has 1 aromatic heterocycles. The second kappa shape index (κ2) is 8.21. The number of amides is 1. The minimum absolute atomic E-state index is 0.0391. The van der Waals surface area contributed by atoms with Crippen LogP contribution in [0.5, 0.6) is 0 Å². The van der Waals surface area contributed by atoms with Gasteiger partial charge in [-0.25, -0.2) is 4.98 Å². The van der Waals surface area contributed by atoms with Crippen LogP contribution in [-0.4, -0.2) is 30.1 Å². The predicted molar refractivity (Wildman–Crippen MR) is 110 cm³/mol. The normalized spacial score (nSPS) is 16.4. The Labute approximate surface area is 167 Å². The van der Waals surface area contributed by atoms with Gasteiger partial charge in [-0.15, -0.1) is 11.3 Å². The summed E-state index contributed by atoms with van der Waals surface area (Å²) in [5.41, 5.74) is 2.45. The Balaban J connectivity index is 1.65. The van der Waals surface area contributed by atoms with E-state index in [1.807, 2.05) is 35.7 Å². The SMILES string of the molecule is O=C(c1cccc(Cl)c1)N(C[C@@H]1CCCO1)c1nc(-c2ccccc2)cs1. The van der Waals surface area contributed by atoms with Crippen LogP contribution in [-0.2, 0) is 4.74 Å². The first-order chi connectivity index (χ1) is 13.2. The van der Waals surface area contributed by atoms with Gasteiger partial charge in [0.25, 0.3) is 5.91 Å². The van der Waals surface area contributed by atoms with E-state index in [2.05, 4.69) is 0 Å². The van der Waals surface area contributed by atoms with Crippen molar-refractivity contribution >= 4 is 34.0 Å². The average molecular weight is 399 g/mol. The van der Waals surface area contributed by atoms with Crippen LogP contribution >= 0.6 is 22.9 Å². The molecule has 0 bridgehead atoms. The number of ether oxygens (including phenoxy) is 1. The molecule has 2 heterocycles. The molecule has 0 radical (unpaired) electrons. The van der Waals surface area contributed by atoms with Gasteiger partial charge in [-0.3, -0.25) is 9.69 Å². The van der Waals surface area contributed by atoms with E-state index in [4.69, 9.17) is 21.3 Å². The van der Waals surface area contributed by atoms with Gasteiger partial charge in [0.05, 0.1) is 18.3 Å². The van der Waals surface area contributed by atoms with Crippen molar-refractivity contribution in [3.63, 3.8) is 0 Å². The van der Waals surface area contributed by atoms with Crippen LogP contribution in [0.1, 0.15) is 23.2 Å². The van der Waals surface area contributed by atoms with Gasteiger partial charge in [0.1, 0.15) is 0 Å². The van der Waals surface area contributed by atoms with Gasteiger partial charge in [0, 0.05) is 28.1 Å². The lowest BCUT2D eigenvalue weighted by molar-refractivity contribution is 0.0917. The van der Waals surface area contributed by atoms with Gasteiger partial charge in [-0.1, -0.05) is 48.0 Å². The number of rotatable bonds is 5. The quantitative estimate of drug-likeness (QED) is 0.586. The summed E-state index contributed by atoms with van der Waals surface area (Å²) in [6.45, 7) is 1.24. The minimum Gasteiger partial charge on any atom is -0.376 e. The minimum atomic E-state index is -0.109. The molecule has 27 heavy (non-hydrogen) atoms. The standard InChI is InChI=1S/C21H19ClN2O2S/c22-17-9-4-8-16(12-17)20(25)24(13-18-10-5-11-26-18)21-23-19(14-27-21)15-6-2-1-3-7-15/h1-4,6-9,12,14,18H,5,10-11,13H2/t18-/m0/s1. The van der Waals surface area contributed by atoms with Crippen LogP contribution in [0.4, 0.5) is 5.13 Å². The third-order valence-electron chi connectivity index (χ3n) is 4.52. The number of aromatic nitrogens is 1. The van der Waals surface area contributed by atoms with E-state index in [0.717, 1.165) is 30.7 Å². The summed E-state index contributed by atoms with van der Waals surface area (Å²) < 4.78 is 5.76. The molecule has 3 aromatic rings. The molecule has 0 aliphatic carbocycles. The lowest BCUT2D eigenvalue weighted by atomic mass is 10.1. The van der Waals surface area contributed by atoms with Gasteiger partial charge in [-0.2, -0.15) is 0 Å². The van der Waals surface area contributed by atoms with Gasteiger partial charge in [-0.05, 0) is 31.0 Å². The van der Waals surface area contributed by atoms with E-state index in [1.54, 1.807) is 29.2 Å². The van der Waals surface area contributed by atoms with Gasteiger partial charge >= 0.3 is 0 Å². The van der Waals surface area contributed by atoms with Crippen LogP contribution in [0, 0.1) is 0 Å². The van der Waals surface area contributed by atoms with E-state index in [1.165, 1.54) is 11.3 Å². The molecule has 4 nitrogen and oxygen atoms in total. The monoisotopic (exact) mass is 398 g/mol. The number of thiazole rings is 1. The number of hydrogen-bond acceptors (Lipinski definition) is 4. The molecular formula is C21H19ClN2O2S. The molecule has 2 aromatic carbocycles. The van der Waals surface area contributed by atoms with Crippen molar-refractivity contribution in [2.75, 3.05) is 18.1 Å². The molecular weight excluding hydrogens is 380 g/mol. The number of carbonyl (C=O) groups excluding carboxylic acids is 1. The molecule has 1 atom stereocenters. The number of hydrogen-bond donors (Lipinski definition) is 0. The largest absolute Gasteiger partial charge is 0.376 e. The fourth-order valence-electron chi connectivity index (χ4n) is 3.15. The fourth-order valence-corrected chi connectivity index (χ4v) is 4.18. The highest BCUT2D eigenvalue weighted by atomic mass is 35.5. The molecule has 1 amide bonds. The number of nitrogens with zero attached hydrogens (tertiary/aromatic N) is 2. The smallest absolute Gasteiger partial charge is 0.260 e. The van der Waals surface area contributed by atoms with Gasteiger partial charge in [0.2, 0.25) is 0 Å². The van der Waals surface area contributed by atoms with Crippen molar-refractivity contribution in [3.05, 3.63) is 70.6 Å². The number of anilines is 1. The molecule has 0 N–H and O–H groups in total. The Morgan fingerprint density at radius 1 is 1.22 bits per heavy atom. The number of benzene rings is 2. The second-order valence-electron chi connectivity index (χ2n) is 6.44. The van der Waals surface area contributed by atoms with Crippen molar-refractivity contribution < 1.29 is 9.53 Å². The molecule has 0 saturated carbocycles. The first-order valence-electron chi connectivity index (χ1n) is 8.91. The highest BCUT2D eigenvalue weighted by Crippen LogP contribution is 2.30. The van der Waals surface area contributed by atoms with Crippen LogP contribution in [0.25, 0.3) is 11.3 Å². The Hall–Kier alpha value is -2.21. The van der Waals surface area contributed by atoms with E-state index in [9.17, 15) is 4.79 Å². The van der Waals surface area contributed by atoms with E-state index in [0.29, 0.717) is 22.3 Å². The molecule has 138 valence electrons. The van der Waals surface area contributed by atoms with Crippen LogP contribution in [0.15, 0.2) is 60.0 Å². The molecule has 1 aliphatic rings. The molecule has 1 saturated heterocycles. The number of halogens is 1. The zero-order valence-corrected chi connectivity index (χ0v) is 16.2. The second-order valence-corrected chi connectivity index (χ2v) is 7.72. The zero-order valence-electron chi connectivity index (χ0n) is 14.7. The Morgan fingerprint density at radius 3 is 2.81 bits per heavy atom. The molecule has 0 unspecified atom stereocenters. The van der Waals surface area contributed by atoms with Crippen molar-refractivity contribution in [2.24, 2.45) is 0 Å². The first kappa shape index (κ1) is 18.2. The molecule has 6 heteroatoms. The van der Waals surface area contributed by atoms with Crippen LogP contribution < -0.4 is 4.90 Å². The molecule has 1 aliphatic heterocycles. The topological polar surface area (TPSA) is 42.4 Å². The predicted octanol–water partition coefficient (Wildman–Crippen LogP) is 5.29. The maximum atomic E-state index is 13.2. The van der Waals surface area contributed by atoms with E-state index in [-0.39, 0.29) is 12.0 Å². The van der Waals surface area contributed by atoms with Crippen molar-refractivity contribution in [1.29, 1.82) is 0 Å². The maximum Gasteiger partial charge on any atom is 0.260 e. The summed E-state index contributed by atoms with van der Waals surface area (Å²) in [7, 11) is 0. The molecule has 1 fully saturated rings. The Bertz CT molecular complexity index is 923. The zero-order chi connectivity index (χ0) is 18.6. The van der Waals surface area contributed by atoms with Crippen LogP contribution in [0.3, 0.4) is 0 Å². The highest BCUT2D eigenvalue weighted by molar-refractivity contribution is 7.14. The maximum absolute atomic E-state index is 13.2. The summed E-state index contributed by atoms with van der Waals surface area (Å²) >= 11 is 7.55. The highest BCUT2D eigenvalue weighted by Gasteiger charge is 2.27. The average Bonchev–Trinajstić information content (AvgIpc) is 3.38. The third kappa shape index (κ3) is 4.21. The van der Waals surface area contributed by atoms with Crippen molar-refractivity contribution in [1.82, 2.24) is 4.98 Å². The Kier molecular flexibility index (Phi) is 5.53. The van der Waals surface area contributed by atoms with E-state index < -0.39 is 0 Å². The van der Waals surface area contributed by atoms with Crippen molar-refractivity contribution in [3.8, 4) is 11.3 Å². The lowest BCUT2D eigenvalue weighted by Crippen LogP contribution is -2.37. The Morgan fingerprint density at radius 2 is 2.07 bits per heavy atom. The molecule has 4 rings (SSSR count). The summed E-state index contributed by atoms with van der Waals surface area (Å²) in [5.74, 6) is -0.109. The molecule has 0 spiro atoms. The lowest BCUT2D eigenvalue weighted by Gasteiger charge is -2.23. The first-order valence-corrected chi connectivity index (χ1v) is 10.2. The van der Waals surface area contributed by atoms with Gasteiger partial charge < -0.3 is 4.74 Å².